The van der Waals surface area contributed by atoms with E-state index in [4.69, 9.17) is 4.74 Å². The number of pyridine rings is 2. The lowest BCUT2D eigenvalue weighted by Gasteiger charge is -2.09. The minimum Gasteiger partial charge on any atom is -0.465 e. The number of ether oxygens (including phenoxy) is 1. The summed E-state index contributed by atoms with van der Waals surface area (Å²) in [6, 6.07) is 7.31. The third kappa shape index (κ3) is 3.51. The average Bonchev–Trinajstić information content (AvgIpc) is 2.46. The number of nitrogens with one attached hydrogen (secondary N) is 1. The molecule has 6 heteroatoms. The number of halogens is 1. The molecule has 0 aromatic carbocycles. The van der Waals surface area contributed by atoms with E-state index in [1.165, 1.54) is 7.11 Å². The molecule has 19 heavy (non-hydrogen) atoms. The topological polar surface area (TPSA) is 64.1 Å². The standard InChI is InChI=1S/C13H12BrN3O2/c1-19-13(18)11-6-9(14)7-16-12(11)17-8-10-4-2-3-5-15-10/h2-7H,8H2,1H3,(H,16,17). The molecular weight excluding hydrogens is 310 g/mol. The molecule has 0 aliphatic heterocycles. The highest BCUT2D eigenvalue weighted by atomic mass is 79.9. The van der Waals surface area contributed by atoms with Gasteiger partial charge in [-0.2, -0.15) is 0 Å². The first-order chi connectivity index (χ1) is 9.20. The van der Waals surface area contributed by atoms with Crippen molar-refractivity contribution in [2.24, 2.45) is 0 Å². The molecule has 0 radical (unpaired) electrons. The van der Waals surface area contributed by atoms with Crippen LogP contribution < -0.4 is 5.32 Å². The maximum Gasteiger partial charge on any atom is 0.341 e. The van der Waals surface area contributed by atoms with Crippen molar-refractivity contribution in [3.05, 3.63) is 52.4 Å². The minimum atomic E-state index is -0.433. The Morgan fingerprint density at radius 1 is 1.42 bits per heavy atom. The van der Waals surface area contributed by atoms with Crippen molar-refractivity contribution in [2.75, 3.05) is 12.4 Å². The molecule has 0 saturated carbocycles. The molecule has 2 heterocycles. The van der Waals surface area contributed by atoms with Crippen LogP contribution in [-0.2, 0) is 11.3 Å². The molecule has 0 aliphatic carbocycles. The van der Waals surface area contributed by atoms with Crippen LogP contribution in [0.1, 0.15) is 16.1 Å². The number of hydrogen-bond acceptors (Lipinski definition) is 5. The fraction of sp³-hybridized carbons (Fsp3) is 0.154. The van der Waals surface area contributed by atoms with Crippen LogP contribution in [0.2, 0.25) is 0 Å². The second-order valence-electron chi connectivity index (χ2n) is 3.72. The molecule has 0 fully saturated rings. The van der Waals surface area contributed by atoms with Crippen LogP contribution in [0.5, 0.6) is 0 Å². The highest BCUT2D eigenvalue weighted by Crippen LogP contribution is 2.19. The fourth-order valence-corrected chi connectivity index (χ4v) is 1.85. The molecule has 0 amide bonds. The van der Waals surface area contributed by atoms with Gasteiger partial charge in [0.15, 0.2) is 0 Å². The van der Waals surface area contributed by atoms with Gasteiger partial charge in [0.05, 0.1) is 19.3 Å². The second-order valence-corrected chi connectivity index (χ2v) is 4.63. The third-order valence-electron chi connectivity index (χ3n) is 2.42. The van der Waals surface area contributed by atoms with Crippen LogP contribution in [0.4, 0.5) is 5.82 Å². The monoisotopic (exact) mass is 321 g/mol. The van der Waals surface area contributed by atoms with Crippen LogP contribution in [0.25, 0.3) is 0 Å². The molecule has 98 valence electrons. The molecule has 1 N–H and O–H groups in total. The fourth-order valence-electron chi connectivity index (χ4n) is 1.52. The van der Waals surface area contributed by atoms with Gasteiger partial charge >= 0.3 is 5.97 Å². The van der Waals surface area contributed by atoms with Gasteiger partial charge in [-0.1, -0.05) is 6.07 Å². The Morgan fingerprint density at radius 2 is 2.26 bits per heavy atom. The Morgan fingerprint density at radius 3 is 2.95 bits per heavy atom. The van der Waals surface area contributed by atoms with Crippen LogP contribution in [0, 0.1) is 0 Å². The Hall–Kier alpha value is -1.95. The summed E-state index contributed by atoms with van der Waals surface area (Å²) in [5.41, 5.74) is 1.25. The summed E-state index contributed by atoms with van der Waals surface area (Å²) >= 11 is 3.28. The van der Waals surface area contributed by atoms with Crippen molar-refractivity contribution in [3.63, 3.8) is 0 Å². The Kier molecular flexibility index (Phi) is 4.46. The highest BCUT2D eigenvalue weighted by Gasteiger charge is 2.13. The van der Waals surface area contributed by atoms with E-state index >= 15 is 0 Å². The number of carbonyl (C=O) groups is 1. The lowest BCUT2D eigenvalue weighted by Crippen LogP contribution is -2.10. The van der Waals surface area contributed by atoms with Crippen molar-refractivity contribution in [1.82, 2.24) is 9.97 Å². The summed E-state index contributed by atoms with van der Waals surface area (Å²) < 4.78 is 5.45. The molecular formula is C13H12BrN3O2. The van der Waals surface area contributed by atoms with E-state index in [9.17, 15) is 4.79 Å². The van der Waals surface area contributed by atoms with E-state index in [-0.39, 0.29) is 0 Å². The highest BCUT2D eigenvalue weighted by molar-refractivity contribution is 9.10. The summed E-state index contributed by atoms with van der Waals surface area (Å²) in [6.07, 6.45) is 3.33. The van der Waals surface area contributed by atoms with Crippen molar-refractivity contribution in [2.45, 2.75) is 6.54 Å². The van der Waals surface area contributed by atoms with Gasteiger partial charge in [-0.25, -0.2) is 9.78 Å². The first kappa shape index (κ1) is 13.5. The Balaban J connectivity index is 2.18. The zero-order valence-electron chi connectivity index (χ0n) is 10.3. The third-order valence-corrected chi connectivity index (χ3v) is 2.86. The number of esters is 1. The molecule has 0 bridgehead atoms. The number of nitrogens with zero attached hydrogens (tertiary/aromatic N) is 2. The predicted octanol–water partition coefficient (Wildman–Crippen LogP) is 2.64. The number of rotatable bonds is 4. The van der Waals surface area contributed by atoms with Gasteiger partial charge in [0, 0.05) is 16.9 Å². The van der Waals surface area contributed by atoms with Crippen LogP contribution >= 0.6 is 15.9 Å². The Bertz CT molecular complexity index is 575. The molecule has 0 unspecified atom stereocenters. The zero-order valence-corrected chi connectivity index (χ0v) is 11.8. The van der Waals surface area contributed by atoms with E-state index in [0.717, 1.165) is 10.2 Å². The van der Waals surface area contributed by atoms with Crippen molar-refractivity contribution < 1.29 is 9.53 Å². The predicted molar refractivity (Wildman–Crippen MR) is 74.8 cm³/mol. The number of carbonyl (C=O) groups excluding carboxylic acids is 1. The minimum absolute atomic E-state index is 0.382. The summed E-state index contributed by atoms with van der Waals surface area (Å²) in [6.45, 7) is 0.486. The second kappa shape index (κ2) is 6.29. The van der Waals surface area contributed by atoms with Gasteiger partial charge in [-0.05, 0) is 34.1 Å². The summed E-state index contributed by atoms with van der Waals surface area (Å²) in [4.78, 5) is 20.0. The van der Waals surface area contributed by atoms with E-state index in [1.54, 1.807) is 18.5 Å². The lowest BCUT2D eigenvalue weighted by molar-refractivity contribution is 0.0601. The van der Waals surface area contributed by atoms with Crippen LogP contribution in [0.3, 0.4) is 0 Å². The normalized spacial score (nSPS) is 10.0. The largest absolute Gasteiger partial charge is 0.465 e. The lowest BCUT2D eigenvalue weighted by atomic mass is 10.2. The molecule has 2 rings (SSSR count). The van der Waals surface area contributed by atoms with Gasteiger partial charge in [0.2, 0.25) is 0 Å². The van der Waals surface area contributed by atoms with E-state index in [1.807, 2.05) is 18.2 Å². The quantitative estimate of drug-likeness (QED) is 0.877. The maximum absolute atomic E-state index is 11.7. The number of methoxy groups -OCH3 is 1. The van der Waals surface area contributed by atoms with Crippen molar-refractivity contribution >= 4 is 27.7 Å². The number of aromatic nitrogens is 2. The molecule has 2 aromatic rings. The first-order valence-corrected chi connectivity index (χ1v) is 6.37. The molecule has 0 spiro atoms. The summed E-state index contributed by atoms with van der Waals surface area (Å²) in [5, 5.41) is 3.08. The molecule has 0 saturated heterocycles. The SMILES string of the molecule is COC(=O)c1cc(Br)cnc1NCc1ccccn1. The first-order valence-electron chi connectivity index (χ1n) is 5.58. The van der Waals surface area contributed by atoms with Crippen molar-refractivity contribution in [3.8, 4) is 0 Å². The average molecular weight is 322 g/mol. The summed E-state index contributed by atoms with van der Waals surface area (Å²) in [7, 11) is 1.34. The molecule has 5 nitrogen and oxygen atoms in total. The smallest absolute Gasteiger partial charge is 0.341 e. The van der Waals surface area contributed by atoms with Gasteiger partial charge in [-0.15, -0.1) is 0 Å². The maximum atomic E-state index is 11.7. The van der Waals surface area contributed by atoms with Crippen molar-refractivity contribution in [1.29, 1.82) is 0 Å². The van der Waals surface area contributed by atoms with Gasteiger partial charge in [0.1, 0.15) is 11.4 Å². The van der Waals surface area contributed by atoms with E-state index < -0.39 is 5.97 Å². The zero-order chi connectivity index (χ0) is 13.7. The Labute approximate surface area is 119 Å². The number of anilines is 1. The molecule has 0 aliphatic rings. The van der Waals surface area contributed by atoms with E-state index in [2.05, 4.69) is 31.2 Å². The van der Waals surface area contributed by atoms with E-state index in [0.29, 0.717) is 17.9 Å². The van der Waals surface area contributed by atoms with Gasteiger partial charge < -0.3 is 10.1 Å². The van der Waals surface area contributed by atoms with Gasteiger partial charge in [-0.3, -0.25) is 4.98 Å². The molecule has 2 aromatic heterocycles. The van der Waals surface area contributed by atoms with Gasteiger partial charge in [0.25, 0.3) is 0 Å². The number of hydrogen-bond donors (Lipinski definition) is 1. The van der Waals surface area contributed by atoms with Crippen LogP contribution in [0.15, 0.2) is 41.1 Å². The van der Waals surface area contributed by atoms with Crippen LogP contribution in [-0.4, -0.2) is 23.0 Å². The molecule has 0 atom stereocenters. The summed E-state index contributed by atoms with van der Waals surface area (Å²) in [5.74, 6) is 0.0398.